The van der Waals surface area contributed by atoms with Gasteiger partial charge in [0.05, 0.1) is 0 Å². The molecule has 0 saturated heterocycles. The van der Waals surface area contributed by atoms with Crippen molar-refractivity contribution in [3.8, 4) is 0 Å². The van der Waals surface area contributed by atoms with Gasteiger partial charge < -0.3 is 5.32 Å². The van der Waals surface area contributed by atoms with Gasteiger partial charge >= 0.3 is 0 Å². The first-order chi connectivity index (χ1) is 6.22. The van der Waals surface area contributed by atoms with Crippen LogP contribution in [0.1, 0.15) is 6.92 Å². The van der Waals surface area contributed by atoms with Crippen LogP contribution in [0.3, 0.4) is 0 Å². The number of allylic oxidation sites excluding steroid dienone is 1. The van der Waals surface area contributed by atoms with Gasteiger partial charge in [0.2, 0.25) is 5.91 Å². The molecule has 0 aliphatic rings. The van der Waals surface area contributed by atoms with Gasteiger partial charge in [-0.15, -0.1) is 0 Å². The van der Waals surface area contributed by atoms with E-state index in [0.29, 0.717) is 10.4 Å². The van der Waals surface area contributed by atoms with E-state index >= 15 is 0 Å². The van der Waals surface area contributed by atoms with Gasteiger partial charge in [0, 0.05) is 0 Å². The second kappa shape index (κ2) is 4.77. The number of nitrogens with zero attached hydrogens (tertiary/aromatic N) is 1. The molecule has 1 rings (SSSR count). The summed E-state index contributed by atoms with van der Waals surface area (Å²) in [5.41, 5.74) is 0. The van der Waals surface area contributed by atoms with Crippen molar-refractivity contribution >= 4 is 27.7 Å². The molecule has 1 amide bonds. The molecule has 0 aliphatic heterocycles. The van der Waals surface area contributed by atoms with Crippen molar-refractivity contribution in [1.29, 1.82) is 0 Å². The van der Waals surface area contributed by atoms with Gasteiger partial charge in [-0.05, 0) is 41.1 Å². The van der Waals surface area contributed by atoms with Crippen molar-refractivity contribution in [2.75, 3.05) is 5.32 Å². The molecule has 0 aromatic carbocycles. The van der Waals surface area contributed by atoms with Gasteiger partial charge in [0.1, 0.15) is 10.4 Å². The third-order valence-corrected chi connectivity index (χ3v) is 1.73. The number of hydrogen-bond donors (Lipinski definition) is 1. The van der Waals surface area contributed by atoms with E-state index in [0.717, 1.165) is 0 Å². The lowest BCUT2D eigenvalue weighted by molar-refractivity contribution is -0.111. The number of anilines is 1. The number of carbonyl (C=O) groups excluding carboxylic acids is 1. The van der Waals surface area contributed by atoms with Crippen LogP contribution in [0.5, 0.6) is 0 Å². The number of hydrogen-bond acceptors (Lipinski definition) is 2. The maximum atomic E-state index is 11.1. The highest BCUT2D eigenvalue weighted by molar-refractivity contribution is 9.10. The largest absolute Gasteiger partial charge is 0.307 e. The third kappa shape index (κ3) is 3.38. The highest BCUT2D eigenvalue weighted by Crippen LogP contribution is 2.09. The minimum atomic E-state index is -0.173. The number of pyridine rings is 1. The quantitative estimate of drug-likeness (QED) is 0.637. The molecule has 1 heterocycles. The van der Waals surface area contributed by atoms with Crippen molar-refractivity contribution in [2.24, 2.45) is 0 Å². The van der Waals surface area contributed by atoms with Crippen molar-refractivity contribution in [3.05, 3.63) is 35.0 Å². The van der Waals surface area contributed by atoms with Crippen LogP contribution in [-0.4, -0.2) is 10.9 Å². The van der Waals surface area contributed by atoms with E-state index < -0.39 is 0 Å². The van der Waals surface area contributed by atoms with Gasteiger partial charge in [-0.2, -0.15) is 0 Å². The summed E-state index contributed by atoms with van der Waals surface area (Å²) in [7, 11) is 0. The topological polar surface area (TPSA) is 42.0 Å². The molecule has 0 bridgehead atoms. The fourth-order valence-corrected chi connectivity index (χ4v) is 1.14. The Bertz CT molecular complexity index is 336. The molecular weight excluding hydrogens is 232 g/mol. The van der Waals surface area contributed by atoms with E-state index in [1.165, 1.54) is 6.08 Å². The number of halogens is 1. The summed E-state index contributed by atoms with van der Waals surface area (Å²) in [5, 5.41) is 2.62. The molecule has 1 aromatic heterocycles. The minimum Gasteiger partial charge on any atom is -0.307 e. The van der Waals surface area contributed by atoms with Crippen LogP contribution in [-0.2, 0) is 4.79 Å². The smallest absolute Gasteiger partial charge is 0.249 e. The molecule has 1 aromatic rings. The Hall–Kier alpha value is -1.16. The third-order valence-electron chi connectivity index (χ3n) is 1.28. The fraction of sp³-hybridized carbons (Fsp3) is 0.111. The van der Waals surface area contributed by atoms with Gasteiger partial charge in [-0.1, -0.05) is 12.1 Å². The molecule has 4 heteroatoms. The lowest BCUT2D eigenvalue weighted by Gasteiger charge is -2.00. The van der Waals surface area contributed by atoms with Crippen molar-refractivity contribution in [2.45, 2.75) is 6.92 Å². The molecule has 0 aliphatic carbocycles. The summed E-state index contributed by atoms with van der Waals surface area (Å²) in [6.07, 6.45) is 3.12. The number of amides is 1. The number of aromatic nitrogens is 1. The summed E-state index contributed by atoms with van der Waals surface area (Å²) in [6.45, 7) is 1.79. The minimum absolute atomic E-state index is 0.173. The molecule has 0 unspecified atom stereocenters. The Kier molecular flexibility index (Phi) is 3.64. The average Bonchev–Trinajstić information content (AvgIpc) is 2.04. The number of carbonyl (C=O) groups is 1. The highest BCUT2D eigenvalue weighted by Gasteiger charge is 1.97. The molecule has 13 heavy (non-hydrogen) atoms. The van der Waals surface area contributed by atoms with E-state index in [9.17, 15) is 4.79 Å². The monoisotopic (exact) mass is 240 g/mol. The standard InChI is InChI=1S/C9H9BrN2O/c1-2-4-9(13)12-8-6-3-5-7(10)11-8/h2-6H,1H3,(H,11,12,13)/b4-2+. The average molecular weight is 241 g/mol. The summed E-state index contributed by atoms with van der Waals surface area (Å²) in [5.74, 6) is 0.366. The lowest BCUT2D eigenvalue weighted by atomic mass is 10.4. The Balaban J connectivity index is 2.69. The first-order valence-electron chi connectivity index (χ1n) is 3.78. The van der Waals surface area contributed by atoms with Crippen LogP contribution in [0.2, 0.25) is 0 Å². The first kappa shape index (κ1) is 9.92. The Morgan fingerprint density at radius 2 is 2.38 bits per heavy atom. The second-order valence-corrected chi connectivity index (χ2v) is 3.15. The van der Waals surface area contributed by atoms with E-state index in [-0.39, 0.29) is 5.91 Å². The van der Waals surface area contributed by atoms with Crippen LogP contribution in [0.25, 0.3) is 0 Å². The molecule has 68 valence electrons. The molecule has 0 fully saturated rings. The molecule has 1 N–H and O–H groups in total. The van der Waals surface area contributed by atoms with Crippen molar-refractivity contribution < 1.29 is 4.79 Å². The van der Waals surface area contributed by atoms with E-state index in [2.05, 4.69) is 26.2 Å². The zero-order valence-corrected chi connectivity index (χ0v) is 8.71. The fourth-order valence-electron chi connectivity index (χ4n) is 0.797. The van der Waals surface area contributed by atoms with Crippen molar-refractivity contribution in [1.82, 2.24) is 4.98 Å². The van der Waals surface area contributed by atoms with E-state index in [1.807, 2.05) is 6.07 Å². The van der Waals surface area contributed by atoms with Gasteiger partial charge in [-0.25, -0.2) is 4.98 Å². The van der Waals surface area contributed by atoms with E-state index in [4.69, 9.17) is 0 Å². The SMILES string of the molecule is C/C=C/C(=O)Nc1cccc(Br)n1. The lowest BCUT2D eigenvalue weighted by Crippen LogP contribution is -2.08. The van der Waals surface area contributed by atoms with Crippen LogP contribution in [0.15, 0.2) is 35.0 Å². The molecule has 0 saturated carbocycles. The molecule has 0 spiro atoms. The van der Waals surface area contributed by atoms with Crippen LogP contribution in [0, 0.1) is 0 Å². The summed E-state index contributed by atoms with van der Waals surface area (Å²) in [4.78, 5) is 15.1. The second-order valence-electron chi connectivity index (χ2n) is 2.33. The van der Waals surface area contributed by atoms with Crippen molar-refractivity contribution in [3.63, 3.8) is 0 Å². The van der Waals surface area contributed by atoms with Crippen LogP contribution >= 0.6 is 15.9 Å². The normalized spacial score (nSPS) is 10.3. The summed E-state index contributed by atoms with van der Waals surface area (Å²) < 4.78 is 0.700. The summed E-state index contributed by atoms with van der Waals surface area (Å²) >= 11 is 3.21. The Labute approximate surface area is 85.0 Å². The molecule has 3 nitrogen and oxygen atoms in total. The molecular formula is C9H9BrN2O. The van der Waals surface area contributed by atoms with Gasteiger partial charge in [-0.3, -0.25) is 4.79 Å². The predicted octanol–water partition coefficient (Wildman–Crippen LogP) is 2.36. The zero-order chi connectivity index (χ0) is 9.68. The molecule has 0 radical (unpaired) electrons. The maximum Gasteiger partial charge on any atom is 0.249 e. The van der Waals surface area contributed by atoms with Gasteiger partial charge in [0.25, 0.3) is 0 Å². The highest BCUT2D eigenvalue weighted by atomic mass is 79.9. The maximum absolute atomic E-state index is 11.1. The number of nitrogens with one attached hydrogen (secondary N) is 1. The van der Waals surface area contributed by atoms with Gasteiger partial charge in [0.15, 0.2) is 0 Å². The first-order valence-corrected chi connectivity index (χ1v) is 4.58. The predicted molar refractivity (Wildman–Crippen MR) is 55.4 cm³/mol. The summed E-state index contributed by atoms with van der Waals surface area (Å²) in [6, 6.07) is 5.33. The Morgan fingerprint density at radius 1 is 1.62 bits per heavy atom. The Morgan fingerprint density at radius 3 is 3.00 bits per heavy atom. The zero-order valence-electron chi connectivity index (χ0n) is 7.12. The van der Waals surface area contributed by atoms with Crippen LogP contribution in [0.4, 0.5) is 5.82 Å². The molecule has 0 atom stereocenters. The van der Waals surface area contributed by atoms with Crippen LogP contribution < -0.4 is 5.32 Å². The number of rotatable bonds is 2. The van der Waals surface area contributed by atoms with E-state index in [1.54, 1.807) is 25.1 Å².